The molecule has 4 heteroatoms. The number of hydrogen-bond donors (Lipinski definition) is 1. The Hall–Kier alpha value is -0.640. The van der Waals surface area contributed by atoms with Gasteiger partial charge in [-0.3, -0.25) is 5.10 Å². The Bertz CT molecular complexity index is 371. The number of aromatic nitrogens is 3. The molecule has 0 bridgehead atoms. The van der Waals surface area contributed by atoms with Gasteiger partial charge >= 0.3 is 0 Å². The molecule has 1 heterocycles. The van der Waals surface area contributed by atoms with Crippen LogP contribution in [-0.4, -0.2) is 14.8 Å². The Kier molecular flexibility index (Phi) is 3.24. The van der Waals surface area contributed by atoms with Gasteiger partial charge in [-0.25, -0.2) is 0 Å². The fourth-order valence-electron chi connectivity index (χ4n) is 2.42. The van der Waals surface area contributed by atoms with Gasteiger partial charge in [0.2, 0.25) is 0 Å². The van der Waals surface area contributed by atoms with Crippen LogP contribution in [0.15, 0.2) is 0 Å². The monoisotopic (exact) mass is 225 g/mol. The van der Waals surface area contributed by atoms with E-state index < -0.39 is 0 Å². The summed E-state index contributed by atoms with van der Waals surface area (Å²) in [7, 11) is 0. The highest BCUT2D eigenvalue weighted by Crippen LogP contribution is 2.30. The molecule has 1 N–H and O–H groups in total. The van der Waals surface area contributed by atoms with Crippen LogP contribution in [-0.2, 0) is 0 Å². The van der Waals surface area contributed by atoms with Crippen LogP contribution in [0.4, 0.5) is 0 Å². The van der Waals surface area contributed by atoms with Crippen molar-refractivity contribution in [1.29, 1.82) is 0 Å². The molecule has 0 amide bonds. The first kappa shape index (κ1) is 10.9. The minimum atomic E-state index is 0.444. The van der Waals surface area contributed by atoms with Crippen molar-refractivity contribution < 1.29 is 0 Å². The Morgan fingerprint density at radius 1 is 1.33 bits per heavy atom. The summed E-state index contributed by atoms with van der Waals surface area (Å²) in [4.78, 5) is 0. The molecule has 0 spiro atoms. The van der Waals surface area contributed by atoms with Crippen molar-refractivity contribution in [1.82, 2.24) is 14.8 Å². The summed E-state index contributed by atoms with van der Waals surface area (Å²) in [5.41, 5.74) is 0. The SMILES string of the molecule is CC(C)c1n[nH]c(=S)n1C1CCCCC1. The number of aromatic amines is 1. The van der Waals surface area contributed by atoms with Crippen LogP contribution in [0.1, 0.15) is 63.7 Å². The minimum Gasteiger partial charge on any atom is -0.301 e. The average Bonchev–Trinajstić information content (AvgIpc) is 2.61. The summed E-state index contributed by atoms with van der Waals surface area (Å²) in [5, 5.41) is 7.27. The first-order valence-corrected chi connectivity index (χ1v) is 6.27. The predicted molar refractivity (Wildman–Crippen MR) is 63.6 cm³/mol. The van der Waals surface area contributed by atoms with Gasteiger partial charge in [0, 0.05) is 12.0 Å². The summed E-state index contributed by atoms with van der Waals surface area (Å²) in [6, 6.07) is 0.586. The zero-order valence-electron chi connectivity index (χ0n) is 9.49. The van der Waals surface area contributed by atoms with Crippen LogP contribution in [0.25, 0.3) is 0 Å². The third-order valence-electron chi connectivity index (χ3n) is 3.19. The van der Waals surface area contributed by atoms with Crippen molar-refractivity contribution in [2.45, 2.75) is 57.9 Å². The molecule has 1 fully saturated rings. The number of hydrogen-bond acceptors (Lipinski definition) is 2. The lowest BCUT2D eigenvalue weighted by molar-refractivity contribution is 0.340. The molecule has 0 unspecified atom stereocenters. The van der Waals surface area contributed by atoms with Gasteiger partial charge in [0.25, 0.3) is 0 Å². The van der Waals surface area contributed by atoms with Crippen LogP contribution in [0.2, 0.25) is 0 Å². The summed E-state index contributed by atoms with van der Waals surface area (Å²) in [6.07, 6.45) is 6.55. The van der Waals surface area contributed by atoms with E-state index in [0.717, 1.165) is 10.6 Å². The number of nitrogens with zero attached hydrogens (tertiary/aromatic N) is 2. The van der Waals surface area contributed by atoms with Crippen molar-refractivity contribution in [2.24, 2.45) is 0 Å². The molecule has 84 valence electrons. The number of nitrogens with one attached hydrogen (secondary N) is 1. The molecular weight excluding hydrogens is 206 g/mol. The van der Waals surface area contributed by atoms with Gasteiger partial charge in [0.05, 0.1) is 0 Å². The van der Waals surface area contributed by atoms with Crippen molar-refractivity contribution in [3.63, 3.8) is 0 Å². The van der Waals surface area contributed by atoms with Crippen LogP contribution < -0.4 is 0 Å². The van der Waals surface area contributed by atoms with E-state index in [4.69, 9.17) is 12.2 Å². The summed E-state index contributed by atoms with van der Waals surface area (Å²) in [5.74, 6) is 1.56. The number of H-pyrrole nitrogens is 1. The maximum atomic E-state index is 5.32. The Morgan fingerprint density at radius 2 is 2.00 bits per heavy atom. The Balaban J connectivity index is 2.32. The smallest absolute Gasteiger partial charge is 0.195 e. The zero-order valence-corrected chi connectivity index (χ0v) is 10.3. The third-order valence-corrected chi connectivity index (χ3v) is 3.48. The maximum Gasteiger partial charge on any atom is 0.195 e. The molecule has 0 radical (unpaired) electrons. The molecular formula is C11H19N3S. The highest BCUT2D eigenvalue weighted by atomic mass is 32.1. The van der Waals surface area contributed by atoms with Crippen LogP contribution in [0, 0.1) is 4.77 Å². The van der Waals surface area contributed by atoms with E-state index in [2.05, 4.69) is 28.6 Å². The van der Waals surface area contributed by atoms with E-state index in [1.165, 1.54) is 32.1 Å². The average molecular weight is 225 g/mol. The van der Waals surface area contributed by atoms with Gasteiger partial charge in [-0.05, 0) is 25.1 Å². The highest BCUT2D eigenvalue weighted by molar-refractivity contribution is 7.71. The van der Waals surface area contributed by atoms with Gasteiger partial charge in [-0.2, -0.15) is 5.10 Å². The van der Waals surface area contributed by atoms with Gasteiger partial charge in [0.1, 0.15) is 5.82 Å². The largest absolute Gasteiger partial charge is 0.301 e. The van der Waals surface area contributed by atoms with Crippen LogP contribution in [0.5, 0.6) is 0 Å². The van der Waals surface area contributed by atoms with Gasteiger partial charge in [-0.1, -0.05) is 33.1 Å². The topological polar surface area (TPSA) is 33.6 Å². The molecule has 1 aliphatic rings. The van der Waals surface area contributed by atoms with E-state index in [9.17, 15) is 0 Å². The molecule has 1 aromatic heterocycles. The quantitative estimate of drug-likeness (QED) is 0.781. The molecule has 3 nitrogen and oxygen atoms in total. The van der Waals surface area contributed by atoms with E-state index >= 15 is 0 Å². The molecule has 0 atom stereocenters. The lowest BCUT2D eigenvalue weighted by Gasteiger charge is -2.24. The van der Waals surface area contributed by atoms with Gasteiger partial charge < -0.3 is 4.57 Å². The first-order chi connectivity index (χ1) is 7.20. The van der Waals surface area contributed by atoms with E-state index in [0.29, 0.717) is 12.0 Å². The normalized spacial score (nSPS) is 18.6. The molecule has 2 rings (SSSR count). The molecule has 1 aliphatic carbocycles. The van der Waals surface area contributed by atoms with Crippen molar-refractivity contribution >= 4 is 12.2 Å². The van der Waals surface area contributed by atoms with E-state index in [1.54, 1.807) is 0 Å². The summed E-state index contributed by atoms with van der Waals surface area (Å²) < 4.78 is 3.05. The molecule has 15 heavy (non-hydrogen) atoms. The van der Waals surface area contributed by atoms with Crippen LogP contribution in [0.3, 0.4) is 0 Å². The molecule has 0 saturated heterocycles. The van der Waals surface area contributed by atoms with Gasteiger partial charge in [-0.15, -0.1) is 0 Å². The van der Waals surface area contributed by atoms with E-state index in [-0.39, 0.29) is 0 Å². The lowest BCUT2D eigenvalue weighted by Crippen LogP contribution is -2.16. The predicted octanol–water partition coefficient (Wildman–Crippen LogP) is 3.57. The van der Waals surface area contributed by atoms with Crippen molar-refractivity contribution in [2.75, 3.05) is 0 Å². The van der Waals surface area contributed by atoms with Crippen molar-refractivity contribution in [3.8, 4) is 0 Å². The molecule has 0 aliphatic heterocycles. The Morgan fingerprint density at radius 3 is 2.60 bits per heavy atom. The first-order valence-electron chi connectivity index (χ1n) is 5.87. The molecule has 0 aromatic carbocycles. The summed E-state index contributed by atoms with van der Waals surface area (Å²) in [6.45, 7) is 4.34. The summed E-state index contributed by atoms with van der Waals surface area (Å²) >= 11 is 5.32. The third kappa shape index (κ3) is 2.14. The maximum absolute atomic E-state index is 5.32. The van der Waals surface area contributed by atoms with Crippen LogP contribution >= 0.6 is 12.2 Å². The Labute approximate surface area is 95.9 Å². The van der Waals surface area contributed by atoms with Crippen molar-refractivity contribution in [3.05, 3.63) is 10.6 Å². The fraction of sp³-hybridized carbons (Fsp3) is 0.818. The lowest BCUT2D eigenvalue weighted by atomic mass is 9.95. The zero-order chi connectivity index (χ0) is 10.8. The molecule has 1 saturated carbocycles. The standard InChI is InChI=1S/C11H19N3S/c1-8(2)10-12-13-11(15)14(10)9-6-4-3-5-7-9/h8-9H,3-7H2,1-2H3,(H,13,15). The second-order valence-corrected chi connectivity index (χ2v) is 5.09. The highest BCUT2D eigenvalue weighted by Gasteiger charge is 2.20. The second-order valence-electron chi connectivity index (χ2n) is 4.70. The minimum absolute atomic E-state index is 0.444. The fourth-order valence-corrected chi connectivity index (χ4v) is 2.70. The second kappa shape index (κ2) is 4.47. The molecule has 1 aromatic rings. The van der Waals surface area contributed by atoms with Gasteiger partial charge in [0.15, 0.2) is 4.77 Å². The van der Waals surface area contributed by atoms with E-state index in [1.807, 2.05) is 0 Å². The number of rotatable bonds is 2.